The van der Waals surface area contributed by atoms with Crippen molar-refractivity contribution < 1.29 is 18.7 Å². The molecule has 11 nitrogen and oxygen atoms in total. The van der Waals surface area contributed by atoms with Gasteiger partial charge in [0.15, 0.2) is 5.13 Å². The summed E-state index contributed by atoms with van der Waals surface area (Å²) in [5.41, 5.74) is 3.04. The third-order valence-electron chi connectivity index (χ3n) is 7.23. The number of hydrogen-bond acceptors (Lipinski definition) is 8. The van der Waals surface area contributed by atoms with Crippen LogP contribution in [0.5, 0.6) is 11.8 Å². The monoisotopic (exact) mass is 640 g/mol. The molecule has 0 aliphatic carbocycles. The lowest BCUT2D eigenvalue weighted by atomic mass is 10.1. The molecule has 1 aliphatic heterocycles. The summed E-state index contributed by atoms with van der Waals surface area (Å²) in [6.07, 6.45) is 7.79. The van der Waals surface area contributed by atoms with Crippen molar-refractivity contribution in [2.75, 3.05) is 22.1 Å². The van der Waals surface area contributed by atoms with Crippen LogP contribution < -0.4 is 20.3 Å². The minimum Gasteiger partial charge on any atom is -0.424 e. The van der Waals surface area contributed by atoms with E-state index >= 15 is 0 Å². The van der Waals surface area contributed by atoms with Gasteiger partial charge >= 0.3 is 12.0 Å². The van der Waals surface area contributed by atoms with Crippen molar-refractivity contribution >= 4 is 39.9 Å². The molecule has 236 valence electrons. The fourth-order valence-corrected chi connectivity index (χ4v) is 6.01. The number of rotatable bonds is 9. The molecule has 3 aromatic heterocycles. The van der Waals surface area contributed by atoms with Gasteiger partial charge in [0, 0.05) is 25.2 Å². The number of nitrogens with zero attached hydrogens (tertiary/aromatic N) is 6. The summed E-state index contributed by atoms with van der Waals surface area (Å²) < 4.78 is 22.0. The molecule has 6 rings (SSSR count). The van der Waals surface area contributed by atoms with Crippen LogP contribution in [-0.4, -0.2) is 43.2 Å². The summed E-state index contributed by atoms with van der Waals surface area (Å²) in [4.78, 5) is 40.7. The van der Waals surface area contributed by atoms with E-state index in [0.717, 1.165) is 39.7 Å². The zero-order valence-corrected chi connectivity index (χ0v) is 26.5. The number of piperidine rings is 1. The maximum absolute atomic E-state index is 14.8. The summed E-state index contributed by atoms with van der Waals surface area (Å²) in [6.45, 7) is 6.64. The van der Waals surface area contributed by atoms with Crippen molar-refractivity contribution in [3.05, 3.63) is 84.2 Å². The Bertz CT molecular complexity index is 1850. The highest BCUT2D eigenvalue weighted by molar-refractivity contribution is 7.19. The van der Waals surface area contributed by atoms with Crippen LogP contribution in [-0.2, 0) is 11.2 Å². The summed E-state index contributed by atoms with van der Waals surface area (Å²) in [7, 11) is 0. The average molecular weight is 641 g/mol. The van der Waals surface area contributed by atoms with E-state index in [1.54, 1.807) is 41.4 Å². The second-order valence-electron chi connectivity index (χ2n) is 11.5. The van der Waals surface area contributed by atoms with Crippen molar-refractivity contribution in [2.24, 2.45) is 5.92 Å². The predicted molar refractivity (Wildman–Crippen MR) is 175 cm³/mol. The molecule has 2 N–H and O–H groups in total. The molecule has 5 aromatic rings. The van der Waals surface area contributed by atoms with Crippen molar-refractivity contribution in [1.82, 2.24) is 24.7 Å². The number of halogens is 1. The first-order valence-electron chi connectivity index (χ1n) is 15.0. The highest BCUT2D eigenvalue weighted by Crippen LogP contribution is 2.34. The van der Waals surface area contributed by atoms with Crippen LogP contribution in [0.1, 0.15) is 44.4 Å². The zero-order valence-electron chi connectivity index (χ0n) is 25.7. The third kappa shape index (κ3) is 7.20. The molecule has 0 spiro atoms. The Morgan fingerprint density at radius 2 is 1.80 bits per heavy atom. The number of carbonyl (C=O) groups excluding carboxylic acids is 2. The summed E-state index contributed by atoms with van der Waals surface area (Å²) in [5, 5.41) is 10.7. The molecule has 2 aromatic carbocycles. The molecule has 3 amide bonds. The number of nitrogens with one attached hydrogen (secondary N) is 2. The van der Waals surface area contributed by atoms with Gasteiger partial charge < -0.3 is 10.1 Å². The molecule has 0 radical (unpaired) electrons. The van der Waals surface area contributed by atoms with Gasteiger partial charge in [0.25, 0.3) is 0 Å². The molecule has 0 unspecified atom stereocenters. The lowest BCUT2D eigenvalue weighted by Gasteiger charge is -2.23. The van der Waals surface area contributed by atoms with E-state index < -0.39 is 11.8 Å². The molecule has 13 heteroatoms. The fraction of sp³-hybridized carbons (Fsp3) is 0.273. The summed E-state index contributed by atoms with van der Waals surface area (Å²) in [6, 6.07) is 13.6. The number of anilines is 3. The lowest BCUT2D eigenvalue weighted by molar-refractivity contribution is -0.119. The van der Waals surface area contributed by atoms with Gasteiger partial charge in [0.1, 0.15) is 23.1 Å². The third-order valence-corrected chi connectivity index (χ3v) is 8.30. The largest absolute Gasteiger partial charge is 0.424 e. The van der Waals surface area contributed by atoms with Crippen molar-refractivity contribution in [1.29, 1.82) is 0 Å². The van der Waals surface area contributed by atoms with Gasteiger partial charge in [-0.3, -0.25) is 15.0 Å². The SMILES string of the molecule is Cc1ccc(-n2nc(CC(C)C)cc2NC(=O)Nc2cnc(Oc3ccc(-c4cnc(N5CCCCC5=O)s4)cc3)nc2)c(F)c1. The number of benzene rings is 2. The highest BCUT2D eigenvalue weighted by atomic mass is 32.1. The standard InChI is InChI=1S/C33H33FN8O3S/c1-20(2)14-23-16-29(42(40-23)27-12-7-21(3)15-26(27)34)39-31(44)38-24-17-35-32(36-18-24)45-25-10-8-22(9-11-25)28-19-37-33(46-28)41-13-5-4-6-30(41)43/h7-12,15-20H,4-6,13-14H2,1-3H3,(H2,38,39,44). The number of hydrogen-bond donors (Lipinski definition) is 2. The Labute approximate surface area is 269 Å². The first-order valence-corrected chi connectivity index (χ1v) is 15.8. The van der Waals surface area contributed by atoms with E-state index in [1.165, 1.54) is 34.5 Å². The maximum atomic E-state index is 14.8. The second kappa shape index (κ2) is 13.4. The smallest absolute Gasteiger partial charge is 0.324 e. The van der Waals surface area contributed by atoms with Crippen molar-refractivity contribution in [3.8, 4) is 27.9 Å². The van der Waals surface area contributed by atoms with Crippen LogP contribution in [0.25, 0.3) is 16.1 Å². The molecule has 4 heterocycles. The molecule has 1 aliphatic rings. The Hall–Kier alpha value is -5.17. The Morgan fingerprint density at radius 1 is 1.02 bits per heavy atom. The molecule has 1 saturated heterocycles. The average Bonchev–Trinajstić information content (AvgIpc) is 3.66. The Balaban J connectivity index is 1.08. The second-order valence-corrected chi connectivity index (χ2v) is 12.5. The first kappa shape index (κ1) is 30.8. The van der Waals surface area contributed by atoms with Gasteiger partial charge in [-0.15, -0.1) is 0 Å². The summed E-state index contributed by atoms with van der Waals surface area (Å²) in [5.74, 6) is 0.870. The van der Waals surface area contributed by atoms with E-state index in [0.29, 0.717) is 42.6 Å². The van der Waals surface area contributed by atoms with Gasteiger partial charge in [-0.05, 0) is 79.6 Å². The number of urea groups is 1. The predicted octanol–water partition coefficient (Wildman–Crippen LogP) is 7.39. The Kier molecular flexibility index (Phi) is 9.01. The molecule has 1 fully saturated rings. The van der Waals surface area contributed by atoms with Crippen LogP contribution in [0.3, 0.4) is 0 Å². The lowest BCUT2D eigenvalue weighted by Crippen LogP contribution is -2.34. The van der Waals surface area contributed by atoms with Gasteiger partial charge in [-0.1, -0.05) is 31.3 Å². The number of aryl methyl sites for hydroxylation is 1. The first-order chi connectivity index (χ1) is 22.2. The number of ether oxygens (including phenoxy) is 1. The van der Waals surface area contributed by atoms with Crippen LogP contribution in [0.4, 0.5) is 25.8 Å². The van der Waals surface area contributed by atoms with Crippen LogP contribution in [0.15, 0.2) is 67.1 Å². The molecule has 0 atom stereocenters. The van der Waals surface area contributed by atoms with Crippen LogP contribution >= 0.6 is 11.3 Å². The number of amides is 3. The fourth-order valence-electron chi connectivity index (χ4n) is 5.04. The normalized spacial score (nSPS) is 13.2. The molecule has 0 bridgehead atoms. The van der Waals surface area contributed by atoms with E-state index in [4.69, 9.17) is 4.74 Å². The number of aromatic nitrogens is 5. The van der Waals surface area contributed by atoms with E-state index in [2.05, 4.69) is 44.5 Å². The topological polar surface area (TPSA) is 127 Å². The summed E-state index contributed by atoms with van der Waals surface area (Å²) >= 11 is 1.48. The molecule has 46 heavy (non-hydrogen) atoms. The molecular formula is C33H33FN8O3S. The van der Waals surface area contributed by atoms with E-state index in [1.807, 2.05) is 19.1 Å². The minimum absolute atomic E-state index is 0.105. The van der Waals surface area contributed by atoms with Gasteiger partial charge in [-0.2, -0.15) is 5.10 Å². The Morgan fingerprint density at radius 3 is 2.52 bits per heavy atom. The highest BCUT2D eigenvalue weighted by Gasteiger charge is 2.22. The van der Waals surface area contributed by atoms with Gasteiger partial charge in [-0.25, -0.2) is 28.8 Å². The minimum atomic E-state index is -0.562. The molecule has 0 saturated carbocycles. The van der Waals surface area contributed by atoms with Crippen LogP contribution in [0, 0.1) is 18.7 Å². The molecular weight excluding hydrogens is 607 g/mol. The van der Waals surface area contributed by atoms with E-state index in [9.17, 15) is 14.0 Å². The van der Waals surface area contributed by atoms with Gasteiger partial charge in [0.2, 0.25) is 5.91 Å². The van der Waals surface area contributed by atoms with Gasteiger partial charge in [0.05, 0.1) is 28.7 Å². The quantitative estimate of drug-likeness (QED) is 0.172. The number of thiazole rings is 1. The number of carbonyl (C=O) groups is 2. The zero-order chi connectivity index (χ0) is 32.2. The van der Waals surface area contributed by atoms with Crippen molar-refractivity contribution in [3.63, 3.8) is 0 Å². The maximum Gasteiger partial charge on any atom is 0.324 e. The van der Waals surface area contributed by atoms with Crippen LogP contribution in [0.2, 0.25) is 0 Å². The van der Waals surface area contributed by atoms with Crippen molar-refractivity contribution in [2.45, 2.75) is 46.5 Å². The van der Waals surface area contributed by atoms with E-state index in [-0.39, 0.29) is 17.6 Å².